The molecular weight excluding hydrogens is 288 g/mol. The molecular formula is C4H4Br3. The van der Waals surface area contributed by atoms with E-state index in [4.69, 9.17) is 0 Å². The maximum atomic E-state index is 3.55. The van der Waals surface area contributed by atoms with Gasteiger partial charge in [-0.15, -0.1) is 6.58 Å². The summed E-state index contributed by atoms with van der Waals surface area (Å²) in [6, 6.07) is 0. The lowest BCUT2D eigenvalue weighted by Crippen LogP contribution is -1.91. The Morgan fingerprint density at radius 3 is 2.00 bits per heavy atom. The van der Waals surface area contributed by atoms with Crippen molar-refractivity contribution in [2.45, 2.75) is 4.83 Å². The molecule has 0 saturated heterocycles. The van der Waals surface area contributed by atoms with Crippen molar-refractivity contribution in [3.63, 3.8) is 0 Å². The highest BCUT2D eigenvalue weighted by atomic mass is 79.9. The lowest BCUT2D eigenvalue weighted by atomic mass is 10.5. The highest BCUT2D eigenvalue weighted by Gasteiger charge is 2.06. The molecule has 0 spiro atoms. The van der Waals surface area contributed by atoms with Gasteiger partial charge in [-0.05, 0) is 0 Å². The van der Waals surface area contributed by atoms with Crippen molar-refractivity contribution >= 4 is 47.8 Å². The normalized spacial score (nSPS) is 14.3. The van der Waals surface area contributed by atoms with Gasteiger partial charge in [0.1, 0.15) is 3.74 Å². The van der Waals surface area contributed by atoms with Gasteiger partial charge in [-0.25, -0.2) is 0 Å². The molecule has 0 saturated carbocycles. The quantitative estimate of drug-likeness (QED) is 0.541. The van der Waals surface area contributed by atoms with Gasteiger partial charge in [0.25, 0.3) is 0 Å². The van der Waals surface area contributed by atoms with Crippen LogP contribution in [-0.2, 0) is 0 Å². The van der Waals surface area contributed by atoms with E-state index in [1.807, 2.05) is 0 Å². The van der Waals surface area contributed by atoms with Crippen LogP contribution in [0, 0.1) is 3.74 Å². The van der Waals surface area contributed by atoms with E-state index in [0.717, 1.165) is 3.74 Å². The number of allylic oxidation sites excluding steroid dienone is 1. The summed E-state index contributed by atoms with van der Waals surface area (Å²) in [5, 5.41) is 0. The molecule has 3 heteroatoms. The number of alkyl halides is 1. The van der Waals surface area contributed by atoms with Crippen LogP contribution in [0.25, 0.3) is 0 Å². The average Bonchev–Trinajstić information content (AvgIpc) is 1.65. The molecule has 0 aliphatic heterocycles. The summed E-state index contributed by atoms with van der Waals surface area (Å²) in [6.07, 6.45) is 1.78. The Kier molecular flexibility index (Phi) is 4.79. The first-order valence-corrected chi connectivity index (χ1v) is 4.13. The SMILES string of the molecule is C=CC(Br)[C](Br)Br. The van der Waals surface area contributed by atoms with Gasteiger partial charge in [-0.1, -0.05) is 53.9 Å². The van der Waals surface area contributed by atoms with Crippen LogP contribution in [0.2, 0.25) is 0 Å². The van der Waals surface area contributed by atoms with E-state index in [1.54, 1.807) is 6.08 Å². The number of halogens is 3. The molecule has 0 aliphatic rings. The van der Waals surface area contributed by atoms with E-state index in [0.29, 0.717) is 0 Å². The van der Waals surface area contributed by atoms with Crippen LogP contribution in [0.5, 0.6) is 0 Å². The van der Waals surface area contributed by atoms with Crippen molar-refractivity contribution in [1.29, 1.82) is 0 Å². The summed E-state index contributed by atoms with van der Waals surface area (Å²) in [7, 11) is 0. The predicted octanol–water partition coefficient (Wildman–Crippen LogP) is 3.22. The summed E-state index contributed by atoms with van der Waals surface area (Å²) in [6.45, 7) is 3.55. The van der Waals surface area contributed by atoms with Crippen LogP contribution < -0.4 is 0 Å². The molecule has 0 aliphatic carbocycles. The Labute approximate surface area is 68.7 Å². The molecule has 1 radical (unpaired) electrons. The van der Waals surface area contributed by atoms with Crippen LogP contribution in [0.4, 0.5) is 0 Å². The van der Waals surface area contributed by atoms with Gasteiger partial charge in [0.15, 0.2) is 0 Å². The third-order valence-electron chi connectivity index (χ3n) is 0.415. The lowest BCUT2D eigenvalue weighted by molar-refractivity contribution is 1.42. The molecule has 41 valence electrons. The minimum atomic E-state index is 0.229. The Morgan fingerprint density at radius 1 is 1.57 bits per heavy atom. The molecule has 1 unspecified atom stereocenters. The zero-order valence-electron chi connectivity index (χ0n) is 3.50. The first kappa shape index (κ1) is 8.18. The molecule has 0 aromatic carbocycles. The van der Waals surface area contributed by atoms with Crippen molar-refractivity contribution in [2.75, 3.05) is 0 Å². The standard InChI is InChI=1S/C4H4Br3/c1-2-3(5)4(6)7/h2-3H,1H2. The second-order valence-electron chi connectivity index (χ2n) is 0.927. The minimum absolute atomic E-state index is 0.229. The van der Waals surface area contributed by atoms with Crippen LogP contribution in [0.1, 0.15) is 0 Å². The van der Waals surface area contributed by atoms with Crippen LogP contribution in [-0.4, -0.2) is 4.83 Å². The lowest BCUT2D eigenvalue weighted by Gasteiger charge is -1.99. The number of rotatable bonds is 2. The van der Waals surface area contributed by atoms with Crippen LogP contribution >= 0.6 is 47.8 Å². The van der Waals surface area contributed by atoms with Gasteiger partial charge in [0.05, 0.1) is 4.83 Å². The second-order valence-corrected chi connectivity index (χ2v) is 4.69. The maximum absolute atomic E-state index is 3.55. The number of hydrogen-bond acceptors (Lipinski definition) is 0. The zero-order valence-corrected chi connectivity index (χ0v) is 8.25. The third-order valence-corrected chi connectivity index (χ3v) is 3.46. The molecule has 1 atom stereocenters. The predicted molar refractivity (Wildman–Crippen MR) is 44.0 cm³/mol. The summed E-state index contributed by atoms with van der Waals surface area (Å²) < 4.78 is 0.968. The molecule has 0 fully saturated rings. The molecule has 0 bridgehead atoms. The maximum Gasteiger partial charge on any atom is 0.123 e. The summed E-state index contributed by atoms with van der Waals surface area (Å²) in [4.78, 5) is 0.229. The molecule has 0 N–H and O–H groups in total. The highest BCUT2D eigenvalue weighted by molar-refractivity contribution is 9.28. The van der Waals surface area contributed by atoms with E-state index in [2.05, 4.69) is 54.4 Å². The third kappa shape index (κ3) is 3.74. The molecule has 0 aromatic heterocycles. The minimum Gasteiger partial charge on any atom is -0.102 e. The first-order chi connectivity index (χ1) is 3.18. The summed E-state index contributed by atoms with van der Waals surface area (Å²) in [5.74, 6) is 0. The van der Waals surface area contributed by atoms with E-state index in [9.17, 15) is 0 Å². The van der Waals surface area contributed by atoms with E-state index in [-0.39, 0.29) is 4.83 Å². The van der Waals surface area contributed by atoms with E-state index >= 15 is 0 Å². The summed E-state index contributed by atoms with van der Waals surface area (Å²) >= 11 is 9.72. The van der Waals surface area contributed by atoms with Crippen molar-refractivity contribution in [3.8, 4) is 0 Å². The Balaban J connectivity index is 3.33. The molecule has 0 aromatic rings. The first-order valence-electron chi connectivity index (χ1n) is 1.63. The van der Waals surface area contributed by atoms with Crippen molar-refractivity contribution < 1.29 is 0 Å². The Morgan fingerprint density at radius 2 is 2.00 bits per heavy atom. The van der Waals surface area contributed by atoms with Crippen LogP contribution in [0.3, 0.4) is 0 Å². The topological polar surface area (TPSA) is 0 Å². The van der Waals surface area contributed by atoms with E-state index < -0.39 is 0 Å². The van der Waals surface area contributed by atoms with E-state index in [1.165, 1.54) is 0 Å². The molecule has 0 heterocycles. The smallest absolute Gasteiger partial charge is 0.102 e. The van der Waals surface area contributed by atoms with Gasteiger partial charge < -0.3 is 0 Å². The fourth-order valence-corrected chi connectivity index (χ4v) is 0.463. The largest absolute Gasteiger partial charge is 0.123 e. The van der Waals surface area contributed by atoms with Gasteiger partial charge in [-0.3, -0.25) is 0 Å². The number of hydrogen-bond donors (Lipinski definition) is 0. The van der Waals surface area contributed by atoms with Crippen molar-refractivity contribution in [3.05, 3.63) is 16.4 Å². The fraction of sp³-hybridized carbons (Fsp3) is 0.250. The van der Waals surface area contributed by atoms with Gasteiger partial charge in [0.2, 0.25) is 0 Å². The summed E-state index contributed by atoms with van der Waals surface area (Å²) in [5.41, 5.74) is 0. The molecule has 0 rings (SSSR count). The van der Waals surface area contributed by atoms with Crippen molar-refractivity contribution in [2.24, 2.45) is 0 Å². The second kappa shape index (κ2) is 4.10. The average molecular weight is 292 g/mol. The molecule has 0 amide bonds. The molecule has 0 nitrogen and oxygen atoms in total. The van der Waals surface area contributed by atoms with Gasteiger partial charge >= 0.3 is 0 Å². The van der Waals surface area contributed by atoms with Crippen molar-refractivity contribution in [1.82, 2.24) is 0 Å². The van der Waals surface area contributed by atoms with Crippen LogP contribution in [0.15, 0.2) is 12.7 Å². The highest BCUT2D eigenvalue weighted by Crippen LogP contribution is 2.28. The zero-order chi connectivity index (χ0) is 5.86. The Hall–Kier alpha value is 1.18. The monoisotopic (exact) mass is 289 g/mol. The fourth-order valence-electron chi connectivity index (χ4n) is 0.0891. The van der Waals surface area contributed by atoms with Gasteiger partial charge in [0, 0.05) is 0 Å². The Bertz CT molecular complexity index is 60.0. The molecule has 7 heavy (non-hydrogen) atoms. The van der Waals surface area contributed by atoms with Gasteiger partial charge in [-0.2, -0.15) is 0 Å².